The van der Waals surface area contributed by atoms with Gasteiger partial charge in [-0.25, -0.2) is 4.79 Å². The Bertz CT molecular complexity index is 147. The summed E-state index contributed by atoms with van der Waals surface area (Å²) in [5, 5.41) is 17.1. The van der Waals surface area contributed by atoms with Crippen LogP contribution in [-0.2, 0) is 4.74 Å². The highest BCUT2D eigenvalue weighted by molar-refractivity contribution is 5.67. The van der Waals surface area contributed by atoms with Crippen molar-refractivity contribution in [1.82, 2.24) is 9.80 Å². The number of aliphatic hydroxyl groups is 2. The van der Waals surface area contributed by atoms with Crippen molar-refractivity contribution in [3.8, 4) is 0 Å². The summed E-state index contributed by atoms with van der Waals surface area (Å²) in [5.74, 6) is 0. The van der Waals surface area contributed by atoms with Crippen LogP contribution in [0.5, 0.6) is 0 Å². The summed E-state index contributed by atoms with van der Waals surface area (Å²) in [4.78, 5) is 13.6. The number of likely N-dealkylation sites (N-methyl/N-ethyl adjacent to an activating group) is 1. The number of hydrogen-bond acceptors (Lipinski definition) is 5. The number of ether oxygens (including phenoxy) is 1. The minimum Gasteiger partial charge on any atom is -0.448 e. The van der Waals surface area contributed by atoms with Crippen LogP contribution in [0.2, 0.25) is 0 Å². The lowest BCUT2D eigenvalue weighted by Crippen LogP contribution is -2.34. The summed E-state index contributed by atoms with van der Waals surface area (Å²) in [6, 6.07) is 0. The Morgan fingerprint density at radius 1 is 1.31 bits per heavy atom. The SMILES string of the molecule is CN(C)CCOC(=O)N(CO)CO. The van der Waals surface area contributed by atoms with Crippen molar-refractivity contribution in [2.75, 3.05) is 40.7 Å². The van der Waals surface area contributed by atoms with Crippen LogP contribution in [0.3, 0.4) is 0 Å². The summed E-state index contributed by atoms with van der Waals surface area (Å²) >= 11 is 0. The number of carbonyl (C=O) groups excluding carboxylic acids is 1. The van der Waals surface area contributed by atoms with Crippen LogP contribution in [0.4, 0.5) is 4.79 Å². The van der Waals surface area contributed by atoms with E-state index < -0.39 is 19.6 Å². The van der Waals surface area contributed by atoms with Gasteiger partial charge in [0.15, 0.2) is 0 Å². The van der Waals surface area contributed by atoms with Crippen LogP contribution in [0.25, 0.3) is 0 Å². The molecule has 0 aliphatic carbocycles. The van der Waals surface area contributed by atoms with Crippen LogP contribution in [0.15, 0.2) is 0 Å². The molecule has 0 saturated heterocycles. The first-order valence-electron chi connectivity index (χ1n) is 3.90. The lowest BCUT2D eigenvalue weighted by atomic mass is 10.6. The number of carbonyl (C=O) groups is 1. The van der Waals surface area contributed by atoms with E-state index in [-0.39, 0.29) is 6.61 Å². The maximum Gasteiger partial charge on any atom is 0.413 e. The summed E-state index contributed by atoms with van der Waals surface area (Å²) < 4.78 is 4.72. The van der Waals surface area contributed by atoms with Gasteiger partial charge in [0.1, 0.15) is 20.1 Å². The van der Waals surface area contributed by atoms with E-state index in [4.69, 9.17) is 14.9 Å². The van der Waals surface area contributed by atoms with E-state index in [9.17, 15) is 4.79 Å². The molecule has 0 rings (SSSR count). The van der Waals surface area contributed by atoms with Gasteiger partial charge < -0.3 is 19.8 Å². The molecule has 0 aromatic rings. The molecule has 0 aliphatic rings. The summed E-state index contributed by atoms with van der Waals surface area (Å²) in [6.07, 6.45) is -0.716. The van der Waals surface area contributed by atoms with E-state index in [2.05, 4.69) is 0 Å². The Labute approximate surface area is 77.3 Å². The zero-order valence-electron chi connectivity index (χ0n) is 7.93. The fourth-order valence-electron chi connectivity index (χ4n) is 0.567. The van der Waals surface area contributed by atoms with E-state index >= 15 is 0 Å². The third-order valence-electron chi connectivity index (χ3n) is 1.36. The average molecular weight is 192 g/mol. The van der Waals surface area contributed by atoms with Crippen molar-refractivity contribution in [1.29, 1.82) is 0 Å². The Morgan fingerprint density at radius 2 is 1.85 bits per heavy atom. The molecular formula is C7H16N2O4. The number of rotatable bonds is 5. The average Bonchev–Trinajstić information content (AvgIpc) is 2.05. The van der Waals surface area contributed by atoms with E-state index in [1.807, 2.05) is 19.0 Å². The zero-order chi connectivity index (χ0) is 10.3. The molecule has 0 radical (unpaired) electrons. The van der Waals surface area contributed by atoms with E-state index in [1.54, 1.807) is 0 Å². The van der Waals surface area contributed by atoms with Crippen molar-refractivity contribution in [3.63, 3.8) is 0 Å². The van der Waals surface area contributed by atoms with Gasteiger partial charge in [0, 0.05) is 6.54 Å². The van der Waals surface area contributed by atoms with E-state index in [1.165, 1.54) is 0 Å². The topological polar surface area (TPSA) is 73.2 Å². The normalized spacial score (nSPS) is 10.2. The van der Waals surface area contributed by atoms with Gasteiger partial charge in [-0.15, -0.1) is 0 Å². The van der Waals surface area contributed by atoms with E-state index in [0.29, 0.717) is 6.54 Å². The van der Waals surface area contributed by atoms with Crippen LogP contribution >= 0.6 is 0 Å². The minimum atomic E-state index is -0.716. The van der Waals surface area contributed by atoms with Gasteiger partial charge in [0.2, 0.25) is 0 Å². The highest BCUT2D eigenvalue weighted by Gasteiger charge is 2.11. The highest BCUT2D eigenvalue weighted by atomic mass is 16.6. The van der Waals surface area contributed by atoms with Crippen molar-refractivity contribution in [3.05, 3.63) is 0 Å². The molecule has 0 unspecified atom stereocenters. The van der Waals surface area contributed by atoms with Gasteiger partial charge in [0.05, 0.1) is 0 Å². The monoisotopic (exact) mass is 192 g/mol. The lowest BCUT2D eigenvalue weighted by molar-refractivity contribution is 0.0163. The quantitative estimate of drug-likeness (QED) is 0.540. The van der Waals surface area contributed by atoms with Gasteiger partial charge in [0.25, 0.3) is 0 Å². The van der Waals surface area contributed by atoms with Gasteiger partial charge in [-0.05, 0) is 14.1 Å². The molecular weight excluding hydrogens is 176 g/mol. The molecule has 6 heteroatoms. The Kier molecular flexibility index (Phi) is 6.21. The fraction of sp³-hybridized carbons (Fsp3) is 0.857. The van der Waals surface area contributed by atoms with Crippen LogP contribution in [0.1, 0.15) is 0 Å². The molecule has 78 valence electrons. The number of hydrogen-bond donors (Lipinski definition) is 2. The third-order valence-corrected chi connectivity index (χ3v) is 1.36. The predicted molar refractivity (Wildman–Crippen MR) is 45.9 cm³/mol. The molecule has 0 spiro atoms. The maximum absolute atomic E-state index is 11.0. The molecule has 13 heavy (non-hydrogen) atoms. The molecule has 0 aromatic carbocycles. The molecule has 0 fully saturated rings. The molecule has 6 nitrogen and oxygen atoms in total. The van der Waals surface area contributed by atoms with E-state index in [0.717, 1.165) is 4.90 Å². The first kappa shape index (κ1) is 12.2. The first-order chi connectivity index (χ1) is 6.11. The van der Waals surface area contributed by atoms with Gasteiger partial charge in [-0.3, -0.25) is 4.90 Å². The van der Waals surface area contributed by atoms with Gasteiger partial charge >= 0.3 is 6.09 Å². The third kappa shape index (κ3) is 5.40. The molecule has 0 aliphatic heterocycles. The standard InChI is InChI=1S/C7H16N2O4/c1-8(2)3-4-13-7(12)9(5-10)6-11/h10-11H,3-6H2,1-2H3. The maximum atomic E-state index is 11.0. The number of nitrogens with zero attached hydrogens (tertiary/aromatic N) is 2. The summed E-state index contributed by atoms with van der Waals surface area (Å²) in [6.45, 7) is -0.243. The Balaban J connectivity index is 3.60. The zero-order valence-corrected chi connectivity index (χ0v) is 7.93. The van der Waals surface area contributed by atoms with Crippen molar-refractivity contribution >= 4 is 6.09 Å². The molecule has 0 aromatic heterocycles. The summed E-state index contributed by atoms with van der Waals surface area (Å²) in [7, 11) is 3.70. The largest absolute Gasteiger partial charge is 0.448 e. The van der Waals surface area contributed by atoms with Crippen LogP contribution in [0, 0.1) is 0 Å². The smallest absolute Gasteiger partial charge is 0.413 e. The van der Waals surface area contributed by atoms with Crippen molar-refractivity contribution in [2.24, 2.45) is 0 Å². The van der Waals surface area contributed by atoms with Gasteiger partial charge in [-0.2, -0.15) is 0 Å². The van der Waals surface area contributed by atoms with Crippen molar-refractivity contribution < 1.29 is 19.7 Å². The molecule has 0 atom stereocenters. The predicted octanol–water partition coefficient (Wildman–Crippen LogP) is -1.11. The second-order valence-electron chi connectivity index (χ2n) is 2.74. The highest BCUT2D eigenvalue weighted by Crippen LogP contribution is 1.90. The molecule has 1 amide bonds. The molecule has 0 saturated carbocycles. The van der Waals surface area contributed by atoms with Crippen LogP contribution < -0.4 is 0 Å². The molecule has 2 N–H and O–H groups in total. The van der Waals surface area contributed by atoms with Crippen LogP contribution in [-0.4, -0.2) is 66.8 Å². The second-order valence-corrected chi connectivity index (χ2v) is 2.74. The van der Waals surface area contributed by atoms with Crippen molar-refractivity contribution in [2.45, 2.75) is 0 Å². The van der Waals surface area contributed by atoms with Gasteiger partial charge in [-0.1, -0.05) is 0 Å². The lowest BCUT2D eigenvalue weighted by Gasteiger charge is -2.17. The molecule has 0 bridgehead atoms. The Hall–Kier alpha value is -0.850. The fourth-order valence-corrected chi connectivity index (χ4v) is 0.567. The first-order valence-corrected chi connectivity index (χ1v) is 3.90. The minimum absolute atomic E-state index is 0.238. The number of aliphatic hydroxyl groups excluding tert-OH is 2. The summed E-state index contributed by atoms with van der Waals surface area (Å²) in [5.41, 5.74) is 0. The number of amides is 1. The second kappa shape index (κ2) is 6.64. The Morgan fingerprint density at radius 3 is 2.23 bits per heavy atom. The molecule has 0 heterocycles.